The van der Waals surface area contributed by atoms with E-state index in [9.17, 15) is 4.79 Å². The third-order valence-electron chi connectivity index (χ3n) is 3.44. The number of amides is 1. The van der Waals surface area contributed by atoms with Crippen molar-refractivity contribution in [1.29, 1.82) is 0 Å². The van der Waals surface area contributed by atoms with Crippen molar-refractivity contribution in [3.05, 3.63) is 29.3 Å². The Morgan fingerprint density at radius 2 is 2.00 bits per heavy atom. The molecule has 0 aliphatic carbocycles. The van der Waals surface area contributed by atoms with E-state index in [1.807, 2.05) is 39.0 Å². The van der Waals surface area contributed by atoms with Gasteiger partial charge in [-0.25, -0.2) is 0 Å². The van der Waals surface area contributed by atoms with Gasteiger partial charge in [0, 0.05) is 12.1 Å². The van der Waals surface area contributed by atoms with Crippen LogP contribution in [0.25, 0.3) is 0 Å². The van der Waals surface area contributed by atoms with Gasteiger partial charge in [-0.3, -0.25) is 4.79 Å². The lowest BCUT2D eigenvalue weighted by atomic mass is 9.91. The first-order valence-electron chi connectivity index (χ1n) is 7.47. The molecule has 0 saturated heterocycles. The number of hydrogen-bond acceptors (Lipinski definition) is 3. The smallest absolute Gasteiger partial charge is 0.258 e. The Morgan fingerprint density at radius 3 is 2.50 bits per heavy atom. The average molecular weight is 329 g/mol. The Morgan fingerprint density at radius 1 is 1.36 bits per heavy atom. The minimum Gasteiger partial charge on any atom is -0.484 e. The second-order valence-corrected chi connectivity index (χ2v) is 6.47. The molecule has 1 aromatic carbocycles. The predicted molar refractivity (Wildman–Crippen MR) is 93.7 cm³/mol. The normalized spacial score (nSPS) is 13.2. The highest BCUT2D eigenvalue weighted by Gasteiger charge is 2.25. The molecule has 1 rings (SSSR count). The first-order valence-corrected chi connectivity index (χ1v) is 7.47. The molecule has 1 amide bonds. The van der Waals surface area contributed by atoms with E-state index in [1.165, 1.54) is 5.56 Å². The van der Waals surface area contributed by atoms with Crippen LogP contribution in [0.2, 0.25) is 0 Å². The summed E-state index contributed by atoms with van der Waals surface area (Å²) in [5, 5.41) is 2.99. The lowest BCUT2D eigenvalue weighted by Crippen LogP contribution is -2.53. The maximum absolute atomic E-state index is 12.1. The Bertz CT molecular complexity index is 492. The molecular weight excluding hydrogens is 300 g/mol. The van der Waals surface area contributed by atoms with Crippen LogP contribution in [0.4, 0.5) is 0 Å². The summed E-state index contributed by atoms with van der Waals surface area (Å²) < 4.78 is 5.60. The summed E-state index contributed by atoms with van der Waals surface area (Å²) in [6, 6.07) is 5.91. The lowest BCUT2D eigenvalue weighted by Gasteiger charge is -2.31. The van der Waals surface area contributed by atoms with Crippen molar-refractivity contribution in [3.8, 4) is 5.75 Å². The number of rotatable bonds is 7. The SMILES string of the molecule is Cc1ccc(OCC(=O)NC(C)(CN)CC(C)C)c(C)c1.Cl. The third-order valence-corrected chi connectivity index (χ3v) is 3.44. The van der Waals surface area contributed by atoms with Gasteiger partial charge in [0.25, 0.3) is 5.91 Å². The number of nitrogens with two attached hydrogens (primary N) is 1. The minimum absolute atomic E-state index is 0. The summed E-state index contributed by atoms with van der Waals surface area (Å²) in [6.45, 7) is 10.6. The molecule has 1 aromatic rings. The van der Waals surface area contributed by atoms with E-state index in [-0.39, 0.29) is 30.5 Å². The predicted octanol–water partition coefficient (Wildman–Crippen LogP) is 2.98. The van der Waals surface area contributed by atoms with Gasteiger partial charge in [0.2, 0.25) is 0 Å². The van der Waals surface area contributed by atoms with Crippen molar-refractivity contribution in [1.82, 2.24) is 5.32 Å². The highest BCUT2D eigenvalue weighted by Crippen LogP contribution is 2.19. The van der Waals surface area contributed by atoms with Gasteiger partial charge in [-0.05, 0) is 44.7 Å². The molecule has 22 heavy (non-hydrogen) atoms. The van der Waals surface area contributed by atoms with E-state index >= 15 is 0 Å². The van der Waals surface area contributed by atoms with Crippen molar-refractivity contribution in [2.45, 2.75) is 46.6 Å². The van der Waals surface area contributed by atoms with Crippen LogP contribution in [-0.4, -0.2) is 24.6 Å². The summed E-state index contributed by atoms with van der Waals surface area (Å²) in [5.74, 6) is 1.08. The zero-order chi connectivity index (χ0) is 16.0. The van der Waals surface area contributed by atoms with Crippen molar-refractivity contribution in [3.63, 3.8) is 0 Å². The van der Waals surface area contributed by atoms with Gasteiger partial charge >= 0.3 is 0 Å². The zero-order valence-electron chi connectivity index (χ0n) is 14.2. The quantitative estimate of drug-likeness (QED) is 0.808. The van der Waals surface area contributed by atoms with Crippen molar-refractivity contribution < 1.29 is 9.53 Å². The molecule has 0 aliphatic heterocycles. The maximum atomic E-state index is 12.1. The second kappa shape index (κ2) is 9.01. The molecular formula is C17H29ClN2O2. The van der Waals surface area contributed by atoms with E-state index < -0.39 is 0 Å². The van der Waals surface area contributed by atoms with E-state index in [2.05, 4.69) is 19.2 Å². The van der Waals surface area contributed by atoms with Crippen molar-refractivity contribution in [2.24, 2.45) is 11.7 Å². The Labute approximate surface area is 140 Å². The summed E-state index contributed by atoms with van der Waals surface area (Å²) in [7, 11) is 0. The number of halogens is 1. The van der Waals surface area contributed by atoms with E-state index in [0.29, 0.717) is 12.5 Å². The fourth-order valence-electron chi connectivity index (χ4n) is 2.56. The molecule has 5 heteroatoms. The third kappa shape index (κ3) is 6.67. The molecule has 1 atom stereocenters. The van der Waals surface area contributed by atoms with Gasteiger partial charge < -0.3 is 15.8 Å². The van der Waals surface area contributed by atoms with Crippen LogP contribution < -0.4 is 15.8 Å². The van der Waals surface area contributed by atoms with Gasteiger partial charge in [-0.2, -0.15) is 0 Å². The van der Waals surface area contributed by atoms with Crippen LogP contribution in [-0.2, 0) is 4.79 Å². The molecule has 0 saturated carbocycles. The van der Waals surface area contributed by atoms with Gasteiger partial charge in [0.15, 0.2) is 6.61 Å². The molecule has 0 aliphatic rings. The largest absolute Gasteiger partial charge is 0.484 e. The molecule has 3 N–H and O–H groups in total. The summed E-state index contributed by atoms with van der Waals surface area (Å²) in [5.41, 5.74) is 7.63. The standard InChI is InChI=1S/C17H28N2O2.ClH/c1-12(2)9-17(5,11-18)19-16(20)10-21-15-7-6-13(3)8-14(15)4;/h6-8,12H,9-11,18H2,1-5H3,(H,19,20);1H. The van der Waals surface area contributed by atoms with Gasteiger partial charge in [0.1, 0.15) is 5.75 Å². The highest BCUT2D eigenvalue weighted by molar-refractivity contribution is 5.85. The lowest BCUT2D eigenvalue weighted by molar-refractivity contribution is -0.125. The number of nitrogens with one attached hydrogen (secondary N) is 1. The molecule has 0 heterocycles. The number of carbonyl (C=O) groups is 1. The summed E-state index contributed by atoms with van der Waals surface area (Å²) in [4.78, 5) is 12.1. The summed E-state index contributed by atoms with van der Waals surface area (Å²) in [6.07, 6.45) is 0.846. The molecule has 0 fully saturated rings. The van der Waals surface area contributed by atoms with Crippen molar-refractivity contribution in [2.75, 3.05) is 13.2 Å². The van der Waals surface area contributed by atoms with Gasteiger partial charge in [-0.15, -0.1) is 12.4 Å². The van der Waals surface area contributed by atoms with Gasteiger partial charge in [0.05, 0.1) is 0 Å². The topological polar surface area (TPSA) is 64.3 Å². The van der Waals surface area contributed by atoms with E-state index in [0.717, 1.165) is 17.7 Å². The van der Waals surface area contributed by atoms with E-state index in [4.69, 9.17) is 10.5 Å². The van der Waals surface area contributed by atoms with Crippen LogP contribution in [0.3, 0.4) is 0 Å². The number of carbonyl (C=O) groups excluding carboxylic acids is 1. The molecule has 0 radical (unpaired) electrons. The minimum atomic E-state index is -0.378. The number of hydrogen-bond donors (Lipinski definition) is 2. The molecule has 1 unspecified atom stereocenters. The monoisotopic (exact) mass is 328 g/mol. The zero-order valence-corrected chi connectivity index (χ0v) is 15.0. The fraction of sp³-hybridized carbons (Fsp3) is 0.588. The maximum Gasteiger partial charge on any atom is 0.258 e. The van der Waals surface area contributed by atoms with Crippen LogP contribution in [0.5, 0.6) is 5.75 Å². The molecule has 0 aromatic heterocycles. The first kappa shape index (κ1) is 20.7. The fourth-order valence-corrected chi connectivity index (χ4v) is 2.56. The highest BCUT2D eigenvalue weighted by atomic mass is 35.5. The van der Waals surface area contributed by atoms with E-state index in [1.54, 1.807) is 0 Å². The van der Waals surface area contributed by atoms with Crippen LogP contribution in [0, 0.1) is 19.8 Å². The Balaban J connectivity index is 0.00000441. The average Bonchev–Trinajstić information content (AvgIpc) is 2.36. The first-order chi connectivity index (χ1) is 9.75. The van der Waals surface area contributed by atoms with Crippen LogP contribution in [0.15, 0.2) is 18.2 Å². The van der Waals surface area contributed by atoms with Crippen LogP contribution in [0.1, 0.15) is 38.3 Å². The molecule has 0 spiro atoms. The second-order valence-electron chi connectivity index (χ2n) is 6.47. The molecule has 126 valence electrons. The molecule has 0 bridgehead atoms. The number of benzene rings is 1. The number of aryl methyl sites for hydroxylation is 2. The van der Waals surface area contributed by atoms with Crippen LogP contribution >= 0.6 is 12.4 Å². The summed E-state index contributed by atoms with van der Waals surface area (Å²) >= 11 is 0. The van der Waals surface area contributed by atoms with Gasteiger partial charge in [-0.1, -0.05) is 31.5 Å². The Kier molecular flexibility index (Phi) is 8.49. The molecule has 4 nitrogen and oxygen atoms in total. The Hall–Kier alpha value is -1.26. The number of ether oxygens (including phenoxy) is 1. The van der Waals surface area contributed by atoms with Crippen molar-refractivity contribution >= 4 is 18.3 Å².